The number of piperidine rings is 1. The molecule has 0 bridgehead atoms. The van der Waals surface area contributed by atoms with Crippen LogP contribution in [0.4, 0.5) is 11.4 Å². The number of hydrogen-bond donors (Lipinski definition) is 1. The molecule has 1 aromatic carbocycles. The summed E-state index contributed by atoms with van der Waals surface area (Å²) in [6.45, 7) is 2.24. The van der Waals surface area contributed by atoms with Crippen LogP contribution in [-0.4, -0.2) is 22.9 Å². The maximum atomic E-state index is 6.15. The van der Waals surface area contributed by atoms with Crippen LogP contribution >= 0.6 is 0 Å². The van der Waals surface area contributed by atoms with Gasteiger partial charge in [-0.1, -0.05) is 0 Å². The summed E-state index contributed by atoms with van der Waals surface area (Å²) < 4.78 is 1.90. The molecule has 0 amide bonds. The van der Waals surface area contributed by atoms with E-state index >= 15 is 0 Å². The van der Waals surface area contributed by atoms with E-state index in [2.05, 4.69) is 16.1 Å². The van der Waals surface area contributed by atoms with Crippen LogP contribution in [0.2, 0.25) is 0 Å². The number of aromatic nitrogens is 2. The Kier molecular flexibility index (Phi) is 2.42. The lowest BCUT2D eigenvalue weighted by atomic mass is 10.1. The minimum Gasteiger partial charge on any atom is -0.397 e. The van der Waals surface area contributed by atoms with Gasteiger partial charge in [0.1, 0.15) is 0 Å². The van der Waals surface area contributed by atoms with E-state index in [1.54, 1.807) is 0 Å². The first-order valence-corrected chi connectivity index (χ1v) is 6.22. The number of anilines is 2. The highest BCUT2D eigenvalue weighted by molar-refractivity contribution is 5.89. The van der Waals surface area contributed by atoms with Gasteiger partial charge >= 0.3 is 0 Å². The predicted molar refractivity (Wildman–Crippen MR) is 71.2 cm³/mol. The zero-order valence-electron chi connectivity index (χ0n) is 10.2. The average Bonchev–Trinajstić information content (AvgIpc) is 2.70. The van der Waals surface area contributed by atoms with E-state index in [1.807, 2.05) is 24.0 Å². The summed E-state index contributed by atoms with van der Waals surface area (Å²) in [5.74, 6) is 0. The molecule has 1 aliphatic rings. The van der Waals surface area contributed by atoms with Crippen molar-refractivity contribution in [2.75, 3.05) is 23.7 Å². The van der Waals surface area contributed by atoms with E-state index in [1.165, 1.54) is 24.9 Å². The maximum Gasteiger partial charge on any atom is 0.0701 e. The van der Waals surface area contributed by atoms with Gasteiger partial charge in [0.25, 0.3) is 0 Å². The Labute approximate surface area is 101 Å². The van der Waals surface area contributed by atoms with Gasteiger partial charge in [0.15, 0.2) is 0 Å². The fourth-order valence-electron chi connectivity index (χ4n) is 2.61. The van der Waals surface area contributed by atoms with Crippen LogP contribution in [0.1, 0.15) is 19.3 Å². The molecular weight excluding hydrogens is 212 g/mol. The fourth-order valence-corrected chi connectivity index (χ4v) is 2.61. The second-order valence-corrected chi connectivity index (χ2v) is 4.79. The number of benzene rings is 1. The molecule has 4 nitrogen and oxygen atoms in total. The summed E-state index contributed by atoms with van der Waals surface area (Å²) in [6, 6.07) is 4.20. The monoisotopic (exact) mass is 230 g/mol. The molecule has 3 rings (SSSR count). The van der Waals surface area contributed by atoms with Gasteiger partial charge in [-0.3, -0.25) is 4.68 Å². The molecular formula is C13H18N4. The third-order valence-electron chi connectivity index (χ3n) is 3.59. The number of rotatable bonds is 1. The van der Waals surface area contributed by atoms with Gasteiger partial charge in [0.2, 0.25) is 0 Å². The Morgan fingerprint density at radius 2 is 1.94 bits per heavy atom. The lowest BCUT2D eigenvalue weighted by Crippen LogP contribution is -2.30. The number of nitrogens with zero attached hydrogens (tertiary/aromatic N) is 3. The maximum absolute atomic E-state index is 6.15. The first-order valence-electron chi connectivity index (χ1n) is 6.22. The second kappa shape index (κ2) is 3.95. The van der Waals surface area contributed by atoms with Crippen LogP contribution in [0.15, 0.2) is 18.3 Å². The lowest BCUT2D eigenvalue weighted by molar-refractivity contribution is 0.578. The molecule has 0 spiro atoms. The number of nitrogens with two attached hydrogens (primary N) is 1. The minimum atomic E-state index is 0.868. The lowest BCUT2D eigenvalue weighted by Gasteiger charge is -2.29. The molecule has 1 aromatic heterocycles. The van der Waals surface area contributed by atoms with Crippen molar-refractivity contribution < 1.29 is 0 Å². The van der Waals surface area contributed by atoms with Gasteiger partial charge in [0, 0.05) is 25.5 Å². The van der Waals surface area contributed by atoms with Crippen molar-refractivity contribution in [2.45, 2.75) is 19.3 Å². The molecule has 0 aliphatic carbocycles. The third-order valence-corrected chi connectivity index (χ3v) is 3.59. The highest BCUT2D eigenvalue weighted by Crippen LogP contribution is 2.30. The molecule has 2 aromatic rings. The highest BCUT2D eigenvalue weighted by atomic mass is 15.2. The average molecular weight is 230 g/mol. The molecule has 0 radical (unpaired) electrons. The summed E-state index contributed by atoms with van der Waals surface area (Å²) in [7, 11) is 1.97. The van der Waals surface area contributed by atoms with E-state index in [0.717, 1.165) is 29.7 Å². The standard InChI is InChI=1S/C13H18N4/c1-16-12-8-13(17-5-3-2-4-6-17)11(14)7-10(12)9-15-16/h7-9H,2-6,14H2,1H3. The van der Waals surface area contributed by atoms with Crippen LogP contribution in [0.3, 0.4) is 0 Å². The molecule has 2 heterocycles. The Bertz CT molecular complexity index is 538. The molecule has 0 saturated carbocycles. The van der Waals surface area contributed by atoms with Crippen molar-refractivity contribution in [3.05, 3.63) is 18.3 Å². The zero-order valence-corrected chi connectivity index (χ0v) is 10.2. The van der Waals surface area contributed by atoms with E-state index in [-0.39, 0.29) is 0 Å². The van der Waals surface area contributed by atoms with E-state index < -0.39 is 0 Å². The number of hydrogen-bond acceptors (Lipinski definition) is 3. The van der Waals surface area contributed by atoms with E-state index in [9.17, 15) is 0 Å². The predicted octanol–water partition coefficient (Wildman–Crippen LogP) is 2.15. The van der Waals surface area contributed by atoms with Gasteiger partial charge < -0.3 is 10.6 Å². The number of fused-ring (bicyclic) bond motifs is 1. The van der Waals surface area contributed by atoms with E-state index in [0.29, 0.717) is 0 Å². The van der Waals surface area contributed by atoms with Crippen molar-refractivity contribution in [2.24, 2.45) is 7.05 Å². The number of aryl methyl sites for hydroxylation is 1. The topological polar surface area (TPSA) is 47.1 Å². The third kappa shape index (κ3) is 1.73. The fraction of sp³-hybridized carbons (Fsp3) is 0.462. The molecule has 0 atom stereocenters. The summed E-state index contributed by atoms with van der Waals surface area (Å²) in [4.78, 5) is 2.39. The van der Waals surface area contributed by atoms with Crippen molar-refractivity contribution >= 4 is 22.3 Å². The van der Waals surface area contributed by atoms with Crippen LogP contribution in [-0.2, 0) is 7.05 Å². The van der Waals surface area contributed by atoms with Crippen LogP contribution < -0.4 is 10.6 Å². The Balaban J connectivity index is 2.07. The van der Waals surface area contributed by atoms with Crippen molar-refractivity contribution in [3.8, 4) is 0 Å². The van der Waals surface area contributed by atoms with E-state index in [4.69, 9.17) is 5.73 Å². The number of nitrogen functional groups attached to an aromatic ring is 1. The summed E-state index contributed by atoms with van der Waals surface area (Å²) >= 11 is 0. The quantitative estimate of drug-likeness (QED) is 0.763. The zero-order chi connectivity index (χ0) is 11.8. The molecule has 1 saturated heterocycles. The van der Waals surface area contributed by atoms with Gasteiger partial charge in [-0.05, 0) is 31.4 Å². The van der Waals surface area contributed by atoms with Crippen LogP contribution in [0.5, 0.6) is 0 Å². The highest BCUT2D eigenvalue weighted by Gasteiger charge is 2.15. The largest absolute Gasteiger partial charge is 0.397 e. The molecule has 1 fully saturated rings. The minimum absolute atomic E-state index is 0.868. The molecule has 17 heavy (non-hydrogen) atoms. The van der Waals surface area contributed by atoms with Crippen molar-refractivity contribution in [1.82, 2.24) is 9.78 Å². The SMILES string of the molecule is Cn1ncc2cc(N)c(N3CCCCC3)cc21. The van der Waals surface area contributed by atoms with Gasteiger partial charge in [-0.2, -0.15) is 5.10 Å². The normalized spacial score (nSPS) is 16.6. The molecule has 1 aliphatic heterocycles. The smallest absolute Gasteiger partial charge is 0.0701 e. The molecule has 4 heteroatoms. The first kappa shape index (κ1) is 10.4. The Morgan fingerprint density at radius 3 is 2.71 bits per heavy atom. The summed E-state index contributed by atoms with van der Waals surface area (Å²) in [6.07, 6.45) is 5.74. The second-order valence-electron chi connectivity index (χ2n) is 4.79. The summed E-state index contributed by atoms with van der Waals surface area (Å²) in [5.41, 5.74) is 9.34. The molecule has 2 N–H and O–H groups in total. The molecule has 0 unspecified atom stereocenters. The summed E-state index contributed by atoms with van der Waals surface area (Å²) in [5, 5.41) is 5.38. The molecule has 90 valence electrons. The Morgan fingerprint density at radius 1 is 1.18 bits per heavy atom. The van der Waals surface area contributed by atoms with Crippen LogP contribution in [0.25, 0.3) is 10.9 Å². The van der Waals surface area contributed by atoms with Crippen molar-refractivity contribution in [1.29, 1.82) is 0 Å². The first-order chi connectivity index (χ1) is 8.25. The van der Waals surface area contributed by atoms with Gasteiger partial charge in [-0.25, -0.2) is 0 Å². The Hall–Kier alpha value is -1.71. The van der Waals surface area contributed by atoms with Gasteiger partial charge in [-0.15, -0.1) is 0 Å². The van der Waals surface area contributed by atoms with Crippen molar-refractivity contribution in [3.63, 3.8) is 0 Å². The van der Waals surface area contributed by atoms with Gasteiger partial charge in [0.05, 0.1) is 23.1 Å². The van der Waals surface area contributed by atoms with Crippen LogP contribution in [0, 0.1) is 0 Å².